The average molecular weight is 144 g/mol. The second kappa shape index (κ2) is 2.51. The lowest BCUT2D eigenvalue weighted by molar-refractivity contribution is -0.0970. The molecule has 1 saturated carbocycles. The Hall–Kier alpha value is -0.0800. The maximum absolute atomic E-state index is 9.51. The topological polar surface area (TPSA) is 40.5 Å². The van der Waals surface area contributed by atoms with Crippen LogP contribution in [0.2, 0.25) is 0 Å². The Morgan fingerprint density at radius 2 is 2.10 bits per heavy atom. The summed E-state index contributed by atoms with van der Waals surface area (Å²) in [5.74, 6) is 0.565. The number of rotatable bonds is 0. The zero-order valence-electron chi connectivity index (χ0n) is 6.67. The summed E-state index contributed by atoms with van der Waals surface area (Å²) in [6.45, 7) is 3.82. The van der Waals surface area contributed by atoms with Crippen molar-refractivity contribution in [3.63, 3.8) is 0 Å². The Bertz CT molecular complexity index is 120. The first kappa shape index (κ1) is 8.02. The summed E-state index contributed by atoms with van der Waals surface area (Å²) >= 11 is 0. The number of aliphatic hydroxyl groups is 2. The highest BCUT2D eigenvalue weighted by atomic mass is 16.3. The van der Waals surface area contributed by atoms with E-state index in [1.807, 2.05) is 0 Å². The van der Waals surface area contributed by atoms with Crippen LogP contribution in [0.15, 0.2) is 0 Å². The van der Waals surface area contributed by atoms with Gasteiger partial charge < -0.3 is 10.2 Å². The van der Waals surface area contributed by atoms with Gasteiger partial charge in [-0.25, -0.2) is 0 Å². The molecule has 10 heavy (non-hydrogen) atoms. The van der Waals surface area contributed by atoms with Gasteiger partial charge in [-0.1, -0.05) is 6.92 Å². The summed E-state index contributed by atoms with van der Waals surface area (Å²) < 4.78 is 0. The van der Waals surface area contributed by atoms with Crippen molar-refractivity contribution in [3.8, 4) is 0 Å². The van der Waals surface area contributed by atoms with Gasteiger partial charge in [-0.3, -0.25) is 0 Å². The highest BCUT2D eigenvalue weighted by Crippen LogP contribution is 2.31. The van der Waals surface area contributed by atoms with Crippen molar-refractivity contribution in [1.29, 1.82) is 0 Å². The molecule has 60 valence electrons. The van der Waals surface area contributed by atoms with Crippen molar-refractivity contribution in [1.82, 2.24) is 0 Å². The Kier molecular flexibility index (Phi) is 2.02. The lowest BCUT2D eigenvalue weighted by atomic mass is 9.78. The Morgan fingerprint density at radius 3 is 2.50 bits per heavy atom. The van der Waals surface area contributed by atoms with Crippen LogP contribution < -0.4 is 0 Å². The molecule has 2 heteroatoms. The quantitative estimate of drug-likeness (QED) is 0.530. The molecule has 3 atom stereocenters. The lowest BCUT2D eigenvalue weighted by Gasteiger charge is -2.36. The molecule has 0 aromatic heterocycles. The van der Waals surface area contributed by atoms with E-state index in [1.165, 1.54) is 0 Å². The SMILES string of the molecule is CC1CC[C@@](C)(O)C(O)C1. The maximum atomic E-state index is 9.51. The number of hydrogen-bond acceptors (Lipinski definition) is 2. The molecule has 0 amide bonds. The summed E-state index contributed by atoms with van der Waals surface area (Å²) in [6, 6.07) is 0. The van der Waals surface area contributed by atoms with Crippen LogP contribution in [0.3, 0.4) is 0 Å². The van der Waals surface area contributed by atoms with Gasteiger partial charge in [-0.05, 0) is 32.1 Å². The molecular formula is C8H16O2. The van der Waals surface area contributed by atoms with E-state index in [0.717, 1.165) is 19.3 Å². The molecule has 0 bridgehead atoms. The highest BCUT2D eigenvalue weighted by Gasteiger charge is 2.35. The van der Waals surface area contributed by atoms with Crippen LogP contribution in [0.1, 0.15) is 33.1 Å². The Morgan fingerprint density at radius 1 is 1.50 bits per heavy atom. The van der Waals surface area contributed by atoms with Crippen LogP contribution in [0, 0.1) is 5.92 Å². The number of hydrogen-bond donors (Lipinski definition) is 2. The first-order valence-corrected chi connectivity index (χ1v) is 3.93. The molecule has 0 aromatic rings. The van der Waals surface area contributed by atoms with Crippen molar-refractivity contribution in [2.75, 3.05) is 0 Å². The lowest BCUT2D eigenvalue weighted by Crippen LogP contribution is -2.43. The van der Waals surface area contributed by atoms with Gasteiger partial charge >= 0.3 is 0 Å². The molecule has 0 heterocycles. The van der Waals surface area contributed by atoms with Crippen LogP contribution in [-0.4, -0.2) is 21.9 Å². The van der Waals surface area contributed by atoms with E-state index in [-0.39, 0.29) is 0 Å². The molecule has 0 saturated heterocycles. The van der Waals surface area contributed by atoms with Crippen molar-refractivity contribution in [2.45, 2.75) is 44.8 Å². The van der Waals surface area contributed by atoms with Crippen molar-refractivity contribution >= 4 is 0 Å². The van der Waals surface area contributed by atoms with Gasteiger partial charge in [0.05, 0.1) is 11.7 Å². The predicted molar refractivity (Wildman–Crippen MR) is 39.6 cm³/mol. The van der Waals surface area contributed by atoms with E-state index in [1.54, 1.807) is 6.92 Å². The molecule has 2 N–H and O–H groups in total. The molecule has 0 spiro atoms. The molecule has 1 aliphatic rings. The van der Waals surface area contributed by atoms with Gasteiger partial charge in [-0.15, -0.1) is 0 Å². The van der Waals surface area contributed by atoms with Crippen LogP contribution in [0.25, 0.3) is 0 Å². The molecule has 2 nitrogen and oxygen atoms in total. The molecular weight excluding hydrogens is 128 g/mol. The fraction of sp³-hybridized carbons (Fsp3) is 1.00. The van der Waals surface area contributed by atoms with Gasteiger partial charge in [0.25, 0.3) is 0 Å². The first-order valence-electron chi connectivity index (χ1n) is 3.93. The zero-order valence-corrected chi connectivity index (χ0v) is 6.67. The third-order valence-corrected chi connectivity index (χ3v) is 2.49. The molecule has 0 aromatic carbocycles. The summed E-state index contributed by atoms with van der Waals surface area (Å²) in [6.07, 6.45) is 1.99. The highest BCUT2D eigenvalue weighted by molar-refractivity contribution is 4.87. The third kappa shape index (κ3) is 1.50. The zero-order chi connectivity index (χ0) is 7.78. The van der Waals surface area contributed by atoms with Crippen molar-refractivity contribution in [2.24, 2.45) is 5.92 Å². The standard InChI is InChI=1S/C8H16O2/c1-6-3-4-8(2,10)7(9)5-6/h6-7,9-10H,3-5H2,1-2H3/t6?,7?,8-/m1/s1. The first-order chi connectivity index (χ1) is 4.52. The van der Waals surface area contributed by atoms with Crippen molar-refractivity contribution < 1.29 is 10.2 Å². The third-order valence-electron chi connectivity index (χ3n) is 2.49. The van der Waals surface area contributed by atoms with Gasteiger partial charge in [-0.2, -0.15) is 0 Å². The number of aliphatic hydroxyl groups excluding tert-OH is 1. The minimum atomic E-state index is -0.827. The molecule has 0 radical (unpaired) electrons. The van der Waals surface area contributed by atoms with Crippen LogP contribution in [-0.2, 0) is 0 Å². The van der Waals surface area contributed by atoms with E-state index in [9.17, 15) is 10.2 Å². The smallest absolute Gasteiger partial charge is 0.0877 e. The second-order valence-corrected chi connectivity index (χ2v) is 3.75. The predicted octanol–water partition coefficient (Wildman–Crippen LogP) is 0.918. The molecule has 2 unspecified atom stereocenters. The van der Waals surface area contributed by atoms with Crippen molar-refractivity contribution in [3.05, 3.63) is 0 Å². The Balaban J connectivity index is 2.52. The summed E-state index contributed by atoms with van der Waals surface area (Å²) in [4.78, 5) is 0. The van der Waals surface area contributed by atoms with Crippen LogP contribution >= 0.6 is 0 Å². The Labute approximate surface area is 61.9 Å². The van der Waals surface area contributed by atoms with E-state index in [0.29, 0.717) is 5.92 Å². The van der Waals surface area contributed by atoms with E-state index in [4.69, 9.17) is 0 Å². The van der Waals surface area contributed by atoms with Gasteiger partial charge in [0.1, 0.15) is 0 Å². The molecule has 0 aliphatic heterocycles. The van der Waals surface area contributed by atoms with Gasteiger partial charge in [0.2, 0.25) is 0 Å². The molecule has 1 rings (SSSR count). The van der Waals surface area contributed by atoms with Gasteiger partial charge in [0.15, 0.2) is 0 Å². The average Bonchev–Trinajstić information content (AvgIpc) is 1.81. The van der Waals surface area contributed by atoms with Crippen LogP contribution in [0.5, 0.6) is 0 Å². The second-order valence-electron chi connectivity index (χ2n) is 3.75. The van der Waals surface area contributed by atoms with Gasteiger partial charge in [0, 0.05) is 0 Å². The van der Waals surface area contributed by atoms with Crippen LogP contribution in [0.4, 0.5) is 0 Å². The minimum Gasteiger partial charge on any atom is -0.390 e. The maximum Gasteiger partial charge on any atom is 0.0877 e. The molecule has 1 fully saturated rings. The normalized spacial score (nSPS) is 49.2. The summed E-state index contributed by atoms with van der Waals surface area (Å²) in [5.41, 5.74) is -0.827. The van der Waals surface area contributed by atoms with E-state index < -0.39 is 11.7 Å². The summed E-state index contributed by atoms with van der Waals surface area (Å²) in [5, 5.41) is 18.9. The minimum absolute atomic E-state index is 0.517. The monoisotopic (exact) mass is 144 g/mol. The molecule has 1 aliphatic carbocycles. The summed E-state index contributed by atoms with van der Waals surface area (Å²) in [7, 11) is 0. The fourth-order valence-corrected chi connectivity index (χ4v) is 1.46. The fourth-order valence-electron chi connectivity index (χ4n) is 1.46. The van der Waals surface area contributed by atoms with E-state index >= 15 is 0 Å². The largest absolute Gasteiger partial charge is 0.390 e. The van der Waals surface area contributed by atoms with E-state index in [2.05, 4.69) is 6.92 Å².